The fraction of sp³-hybridized carbons (Fsp3) is 0.500. The molecule has 0 bridgehead atoms. The van der Waals surface area contributed by atoms with Crippen LogP contribution in [0.15, 0.2) is 23.2 Å². The van der Waals surface area contributed by atoms with Crippen LogP contribution >= 0.6 is 24.0 Å². The first-order chi connectivity index (χ1) is 9.83. The van der Waals surface area contributed by atoms with Gasteiger partial charge in [0.25, 0.3) is 0 Å². The van der Waals surface area contributed by atoms with Crippen LogP contribution in [0.4, 0.5) is 0 Å². The topological polar surface area (TPSA) is 75.1 Å². The van der Waals surface area contributed by atoms with Gasteiger partial charge in [0.05, 0.1) is 13.7 Å². The molecule has 0 saturated carbocycles. The Morgan fingerprint density at radius 2 is 2.24 bits per heavy atom. The number of aliphatic hydroxyl groups is 1. The molecule has 118 valence electrons. The first kappa shape index (κ1) is 17.8. The van der Waals surface area contributed by atoms with Gasteiger partial charge >= 0.3 is 0 Å². The molecule has 0 aliphatic carbocycles. The van der Waals surface area contributed by atoms with Gasteiger partial charge in [-0.25, -0.2) is 0 Å². The second kappa shape index (κ2) is 9.67. The summed E-state index contributed by atoms with van der Waals surface area (Å²) in [6.45, 7) is 2.74. The average molecular weight is 407 g/mol. The number of nitrogens with one attached hydrogen (secondary N) is 2. The smallest absolute Gasteiger partial charge is 0.191 e. The lowest BCUT2D eigenvalue weighted by Crippen LogP contribution is -2.40. The second-order valence-electron chi connectivity index (χ2n) is 4.42. The number of hydrogen-bond acceptors (Lipinski definition) is 6. The van der Waals surface area contributed by atoms with Crippen LogP contribution < -0.4 is 20.1 Å². The Balaban J connectivity index is 0.00000220. The molecule has 0 radical (unpaired) electrons. The van der Waals surface area contributed by atoms with Crippen molar-refractivity contribution in [3.63, 3.8) is 0 Å². The molecule has 0 aromatic heterocycles. The highest BCUT2D eigenvalue weighted by Gasteiger charge is 2.07. The maximum absolute atomic E-state index is 8.78. The minimum absolute atomic E-state index is 0. The van der Waals surface area contributed by atoms with Crippen LogP contribution in [0.5, 0.6) is 11.5 Å². The molecular weight excluding hydrogens is 385 g/mol. The highest BCUT2D eigenvalue weighted by molar-refractivity contribution is 14.0. The molecule has 1 aliphatic rings. The summed E-state index contributed by atoms with van der Waals surface area (Å²) >= 11 is 0. The lowest BCUT2D eigenvalue weighted by Gasteiger charge is -2.16. The van der Waals surface area contributed by atoms with E-state index in [9.17, 15) is 0 Å². The Morgan fingerprint density at radius 1 is 1.38 bits per heavy atom. The zero-order chi connectivity index (χ0) is 14.2. The molecule has 0 spiro atoms. The van der Waals surface area contributed by atoms with Crippen LogP contribution in [0.1, 0.15) is 12.0 Å². The Labute approximate surface area is 142 Å². The highest BCUT2D eigenvalue weighted by atomic mass is 127. The van der Waals surface area contributed by atoms with Crippen LogP contribution in [-0.2, 0) is 6.54 Å². The molecule has 6 nitrogen and oxygen atoms in total. The van der Waals surface area contributed by atoms with Gasteiger partial charge in [-0.3, -0.25) is 4.99 Å². The molecule has 1 aromatic rings. The number of aliphatic hydroxyl groups excluding tert-OH is 1. The fourth-order valence-electron chi connectivity index (χ4n) is 1.93. The van der Waals surface area contributed by atoms with Gasteiger partial charge in [-0.15, -0.1) is 24.0 Å². The van der Waals surface area contributed by atoms with Gasteiger partial charge in [0.15, 0.2) is 17.5 Å². The Kier molecular flexibility index (Phi) is 8.21. The van der Waals surface area contributed by atoms with Gasteiger partial charge in [0.1, 0.15) is 6.61 Å². The fourth-order valence-corrected chi connectivity index (χ4v) is 1.93. The molecule has 2 rings (SSSR count). The number of hydrogen-bond donors (Lipinski definition) is 3. The third-order valence-electron chi connectivity index (χ3n) is 2.93. The van der Waals surface area contributed by atoms with Crippen molar-refractivity contribution in [1.82, 2.24) is 10.6 Å². The molecule has 1 aliphatic heterocycles. The number of benzene rings is 1. The van der Waals surface area contributed by atoms with Gasteiger partial charge in [0, 0.05) is 19.6 Å². The van der Waals surface area contributed by atoms with Gasteiger partial charge in [0.2, 0.25) is 0 Å². The van der Waals surface area contributed by atoms with E-state index in [0.29, 0.717) is 18.0 Å². The minimum Gasteiger partial charge on any atom is -0.493 e. The van der Waals surface area contributed by atoms with E-state index in [2.05, 4.69) is 15.6 Å². The summed E-state index contributed by atoms with van der Waals surface area (Å²) in [5.41, 5.74) is 1.08. The maximum Gasteiger partial charge on any atom is 0.191 e. The van der Waals surface area contributed by atoms with Crippen LogP contribution in [0.2, 0.25) is 0 Å². The lowest BCUT2D eigenvalue weighted by molar-refractivity contribution is 0.196. The van der Waals surface area contributed by atoms with Gasteiger partial charge in [-0.05, 0) is 24.1 Å². The number of methoxy groups -OCH3 is 1. The monoisotopic (exact) mass is 407 g/mol. The molecule has 0 amide bonds. The van der Waals surface area contributed by atoms with Gasteiger partial charge in [-0.2, -0.15) is 0 Å². The van der Waals surface area contributed by atoms with Crippen molar-refractivity contribution in [2.45, 2.75) is 13.0 Å². The van der Waals surface area contributed by atoms with E-state index in [1.165, 1.54) is 0 Å². The van der Waals surface area contributed by atoms with Gasteiger partial charge in [-0.1, -0.05) is 6.07 Å². The molecule has 0 unspecified atom stereocenters. The van der Waals surface area contributed by atoms with E-state index in [1.807, 2.05) is 18.2 Å². The zero-order valence-electron chi connectivity index (χ0n) is 12.1. The van der Waals surface area contributed by atoms with E-state index in [1.54, 1.807) is 7.11 Å². The maximum atomic E-state index is 8.78. The molecule has 1 aromatic carbocycles. The molecule has 0 atom stereocenters. The molecule has 0 saturated heterocycles. The molecular formula is C14H22IN3O3. The van der Waals surface area contributed by atoms with Crippen LogP contribution in [0.3, 0.4) is 0 Å². The number of guanidine groups is 1. The first-order valence-electron chi connectivity index (χ1n) is 6.76. The van der Waals surface area contributed by atoms with E-state index in [0.717, 1.165) is 31.0 Å². The van der Waals surface area contributed by atoms with Crippen LogP contribution in [-0.4, -0.2) is 44.5 Å². The van der Waals surface area contributed by atoms with Crippen molar-refractivity contribution in [1.29, 1.82) is 0 Å². The summed E-state index contributed by atoms with van der Waals surface area (Å²) in [6, 6.07) is 5.73. The van der Waals surface area contributed by atoms with Crippen LogP contribution in [0.25, 0.3) is 0 Å². The number of halogens is 1. The summed E-state index contributed by atoms with van der Waals surface area (Å²) in [6.07, 6.45) is 1.08. The predicted molar refractivity (Wildman–Crippen MR) is 92.8 cm³/mol. The Hall–Kier alpha value is -1.22. The van der Waals surface area contributed by atoms with Crippen molar-refractivity contribution in [3.8, 4) is 11.5 Å². The molecule has 1 heterocycles. The van der Waals surface area contributed by atoms with Crippen molar-refractivity contribution >= 4 is 29.9 Å². The first-order valence-corrected chi connectivity index (χ1v) is 6.76. The quantitative estimate of drug-likeness (QED) is 0.617. The van der Waals surface area contributed by atoms with E-state index in [4.69, 9.17) is 14.6 Å². The standard InChI is InChI=1S/C14H21N3O3.HI/c1-19-13-9-11(3-4-12(13)20-8-7-18)10-17-14-15-5-2-6-16-14;/h3-4,9,18H,2,5-8,10H2,1H3,(H2,15,16,17);1H. The van der Waals surface area contributed by atoms with Gasteiger partial charge < -0.3 is 25.2 Å². The highest BCUT2D eigenvalue weighted by Crippen LogP contribution is 2.27. The predicted octanol–water partition coefficient (Wildman–Crippen LogP) is 1.12. The van der Waals surface area contributed by atoms with E-state index >= 15 is 0 Å². The summed E-state index contributed by atoms with van der Waals surface area (Å²) in [5, 5.41) is 15.2. The average Bonchev–Trinajstić information content (AvgIpc) is 2.52. The van der Waals surface area contributed by atoms with Crippen molar-refractivity contribution in [3.05, 3.63) is 23.8 Å². The lowest BCUT2D eigenvalue weighted by atomic mass is 10.2. The van der Waals surface area contributed by atoms with Crippen molar-refractivity contribution in [2.75, 3.05) is 33.4 Å². The van der Waals surface area contributed by atoms with E-state index in [-0.39, 0.29) is 37.2 Å². The zero-order valence-corrected chi connectivity index (χ0v) is 14.4. The van der Waals surface area contributed by atoms with Crippen molar-refractivity contribution < 1.29 is 14.6 Å². The molecule has 21 heavy (non-hydrogen) atoms. The molecule has 0 fully saturated rings. The third kappa shape index (κ3) is 5.58. The van der Waals surface area contributed by atoms with Crippen molar-refractivity contribution in [2.24, 2.45) is 4.99 Å². The summed E-state index contributed by atoms with van der Waals surface area (Å²) in [4.78, 5) is 4.36. The summed E-state index contributed by atoms with van der Waals surface area (Å²) in [7, 11) is 1.60. The number of aliphatic imine (C=N–C) groups is 1. The third-order valence-corrected chi connectivity index (χ3v) is 2.93. The minimum atomic E-state index is -0.0159. The SMILES string of the molecule is COc1cc(CNC2=NCCCN2)ccc1OCCO.I. The summed E-state index contributed by atoms with van der Waals surface area (Å²) < 4.78 is 10.7. The number of ether oxygens (including phenoxy) is 2. The largest absolute Gasteiger partial charge is 0.493 e. The summed E-state index contributed by atoms with van der Waals surface area (Å²) in [5.74, 6) is 2.14. The Morgan fingerprint density at radius 3 is 2.90 bits per heavy atom. The second-order valence-corrected chi connectivity index (χ2v) is 4.42. The molecule has 7 heteroatoms. The van der Waals surface area contributed by atoms with E-state index < -0.39 is 0 Å². The Bertz CT molecular complexity index is 469. The van der Waals surface area contributed by atoms with Crippen LogP contribution in [0, 0.1) is 0 Å². The number of rotatable bonds is 6. The molecule has 3 N–H and O–H groups in total. The number of nitrogens with zero attached hydrogens (tertiary/aromatic N) is 1. The normalized spacial score (nSPS) is 13.5.